The Morgan fingerprint density at radius 1 is 1.37 bits per heavy atom. The maximum absolute atomic E-state index is 8.95. The van der Waals surface area contributed by atoms with Crippen molar-refractivity contribution in [3.8, 4) is 11.5 Å². The highest BCUT2D eigenvalue weighted by Crippen LogP contribution is 2.27. The van der Waals surface area contributed by atoms with Gasteiger partial charge in [0.1, 0.15) is 0 Å². The summed E-state index contributed by atoms with van der Waals surface area (Å²) in [5.74, 6) is 2.97. The molecule has 0 saturated heterocycles. The van der Waals surface area contributed by atoms with Crippen LogP contribution in [0.4, 0.5) is 0 Å². The maximum atomic E-state index is 8.95. The van der Waals surface area contributed by atoms with Crippen LogP contribution in [0.15, 0.2) is 33.2 Å². The molecule has 1 aromatic carbocycles. The molecule has 0 bridgehead atoms. The van der Waals surface area contributed by atoms with E-state index in [1.165, 1.54) is 0 Å². The summed E-state index contributed by atoms with van der Waals surface area (Å²) >= 11 is 5.15. The van der Waals surface area contributed by atoms with Gasteiger partial charge >= 0.3 is 0 Å². The number of hydrogen-bond acceptors (Lipinski definition) is 5. The molecule has 0 aliphatic rings. The summed E-state index contributed by atoms with van der Waals surface area (Å²) in [4.78, 5) is 0. The lowest BCUT2D eigenvalue weighted by Gasteiger charge is -2.04. The molecule has 1 aromatic heterocycles. The number of thioether (sulfide) groups is 1. The molecule has 0 radical (unpaired) electrons. The van der Waals surface area contributed by atoms with Gasteiger partial charge in [0.2, 0.25) is 11.8 Å². The largest absolute Gasteiger partial charge is 0.420 e. The summed E-state index contributed by atoms with van der Waals surface area (Å²) in [5.41, 5.74) is 0.898. The van der Waals surface area contributed by atoms with Crippen molar-refractivity contribution >= 4 is 27.7 Å². The van der Waals surface area contributed by atoms with Gasteiger partial charge in [-0.15, -0.1) is 10.2 Å². The van der Waals surface area contributed by atoms with Crippen LogP contribution in [0, 0.1) is 5.92 Å². The van der Waals surface area contributed by atoms with Gasteiger partial charge in [-0.05, 0) is 39.7 Å². The summed E-state index contributed by atoms with van der Waals surface area (Å²) in [6.45, 7) is 2.21. The standard InChI is InChI=1S/C13H15BrN2O2S/c1-9(6-17)7-19-8-12-15-16-13(18-12)10-4-2-3-5-11(10)14/h2-5,9,17H,6-8H2,1H3. The number of aliphatic hydroxyl groups is 1. The highest BCUT2D eigenvalue weighted by molar-refractivity contribution is 9.10. The first-order valence-electron chi connectivity index (χ1n) is 5.96. The first kappa shape index (κ1) is 14.6. The van der Waals surface area contributed by atoms with Gasteiger partial charge in [0.05, 0.1) is 11.3 Å². The molecule has 0 aliphatic carbocycles. The monoisotopic (exact) mass is 342 g/mol. The van der Waals surface area contributed by atoms with Crippen molar-refractivity contribution in [3.05, 3.63) is 34.6 Å². The van der Waals surface area contributed by atoms with Crippen LogP contribution < -0.4 is 0 Å². The smallest absolute Gasteiger partial charge is 0.248 e. The van der Waals surface area contributed by atoms with Gasteiger partial charge in [0.25, 0.3) is 0 Å². The third-order valence-corrected chi connectivity index (χ3v) is 4.46. The lowest BCUT2D eigenvalue weighted by Crippen LogP contribution is -2.03. The predicted molar refractivity (Wildman–Crippen MR) is 79.8 cm³/mol. The fourth-order valence-electron chi connectivity index (χ4n) is 1.46. The molecule has 1 atom stereocenters. The van der Waals surface area contributed by atoms with Crippen LogP contribution >= 0.6 is 27.7 Å². The molecular weight excluding hydrogens is 328 g/mol. The number of rotatable bonds is 6. The second kappa shape index (κ2) is 7.07. The molecule has 0 saturated carbocycles. The number of halogens is 1. The zero-order valence-electron chi connectivity index (χ0n) is 10.5. The molecule has 1 heterocycles. The Kier molecular flexibility index (Phi) is 5.42. The van der Waals surface area contributed by atoms with Crippen molar-refractivity contribution in [3.63, 3.8) is 0 Å². The Bertz CT molecular complexity index is 533. The average molecular weight is 343 g/mol. The van der Waals surface area contributed by atoms with Gasteiger partial charge in [-0.2, -0.15) is 11.8 Å². The topological polar surface area (TPSA) is 59.2 Å². The molecule has 4 nitrogen and oxygen atoms in total. The van der Waals surface area contributed by atoms with Crippen LogP contribution in [0.5, 0.6) is 0 Å². The molecule has 0 amide bonds. The van der Waals surface area contributed by atoms with E-state index in [0.717, 1.165) is 15.8 Å². The van der Waals surface area contributed by atoms with Gasteiger partial charge in [-0.3, -0.25) is 0 Å². The van der Waals surface area contributed by atoms with Crippen LogP contribution in [0.25, 0.3) is 11.5 Å². The SMILES string of the molecule is CC(CO)CSCc1nnc(-c2ccccc2Br)o1. The lowest BCUT2D eigenvalue weighted by atomic mass is 10.2. The van der Waals surface area contributed by atoms with E-state index >= 15 is 0 Å². The molecule has 1 unspecified atom stereocenters. The van der Waals surface area contributed by atoms with Gasteiger partial charge in [0.15, 0.2) is 0 Å². The fourth-order valence-corrected chi connectivity index (χ4v) is 2.83. The van der Waals surface area contributed by atoms with Crippen molar-refractivity contribution in [2.24, 2.45) is 5.92 Å². The van der Waals surface area contributed by atoms with Crippen molar-refractivity contribution in [1.82, 2.24) is 10.2 Å². The molecule has 6 heteroatoms. The molecule has 19 heavy (non-hydrogen) atoms. The molecule has 0 spiro atoms. The summed E-state index contributed by atoms with van der Waals surface area (Å²) in [5, 5.41) is 17.0. The lowest BCUT2D eigenvalue weighted by molar-refractivity contribution is 0.250. The van der Waals surface area contributed by atoms with Crippen LogP contribution in [0.2, 0.25) is 0 Å². The first-order valence-corrected chi connectivity index (χ1v) is 7.91. The van der Waals surface area contributed by atoms with Crippen LogP contribution in [0.3, 0.4) is 0 Å². The Labute approximate surface area is 124 Å². The summed E-state index contributed by atoms with van der Waals surface area (Å²) in [7, 11) is 0. The van der Waals surface area contributed by atoms with Crippen LogP contribution in [-0.2, 0) is 5.75 Å². The number of aliphatic hydroxyl groups excluding tert-OH is 1. The van der Waals surface area contributed by atoms with E-state index in [2.05, 4.69) is 26.1 Å². The molecule has 2 rings (SSSR count). The molecule has 1 N–H and O–H groups in total. The van der Waals surface area contributed by atoms with E-state index in [9.17, 15) is 0 Å². The predicted octanol–water partition coefficient (Wildman–Crippen LogP) is 3.36. The quantitative estimate of drug-likeness (QED) is 0.872. The minimum Gasteiger partial charge on any atom is -0.420 e. The Hall–Kier alpha value is -0.850. The highest BCUT2D eigenvalue weighted by atomic mass is 79.9. The summed E-state index contributed by atoms with van der Waals surface area (Å²) in [6, 6.07) is 7.75. The van der Waals surface area contributed by atoms with E-state index in [-0.39, 0.29) is 12.5 Å². The van der Waals surface area contributed by atoms with Gasteiger partial charge < -0.3 is 9.52 Å². The maximum Gasteiger partial charge on any atom is 0.248 e. The van der Waals surface area contributed by atoms with Crippen molar-refractivity contribution in [2.45, 2.75) is 12.7 Å². The molecule has 102 valence electrons. The molecule has 0 aliphatic heterocycles. The van der Waals surface area contributed by atoms with E-state index < -0.39 is 0 Å². The Balaban J connectivity index is 1.98. The molecular formula is C13H15BrN2O2S. The van der Waals surface area contributed by atoms with Crippen molar-refractivity contribution in [1.29, 1.82) is 0 Å². The third kappa shape index (κ3) is 4.06. The highest BCUT2D eigenvalue weighted by Gasteiger charge is 2.11. The number of hydrogen-bond donors (Lipinski definition) is 1. The average Bonchev–Trinajstić information content (AvgIpc) is 2.87. The fraction of sp³-hybridized carbons (Fsp3) is 0.385. The number of benzene rings is 1. The van der Waals surface area contributed by atoms with Crippen LogP contribution in [0.1, 0.15) is 12.8 Å². The molecule has 0 fully saturated rings. The van der Waals surface area contributed by atoms with Gasteiger partial charge in [-0.25, -0.2) is 0 Å². The Morgan fingerprint density at radius 3 is 2.89 bits per heavy atom. The minimum atomic E-state index is 0.207. The second-order valence-electron chi connectivity index (χ2n) is 4.28. The van der Waals surface area contributed by atoms with E-state index in [1.54, 1.807) is 11.8 Å². The zero-order chi connectivity index (χ0) is 13.7. The van der Waals surface area contributed by atoms with E-state index in [1.807, 2.05) is 31.2 Å². The van der Waals surface area contributed by atoms with Crippen molar-refractivity contribution in [2.75, 3.05) is 12.4 Å². The number of aromatic nitrogens is 2. The second-order valence-corrected chi connectivity index (χ2v) is 6.17. The minimum absolute atomic E-state index is 0.207. The normalized spacial score (nSPS) is 12.6. The number of nitrogens with zero attached hydrogens (tertiary/aromatic N) is 2. The van der Waals surface area contributed by atoms with E-state index in [4.69, 9.17) is 9.52 Å². The Morgan fingerprint density at radius 2 is 2.16 bits per heavy atom. The first-order chi connectivity index (χ1) is 9.20. The van der Waals surface area contributed by atoms with Crippen molar-refractivity contribution < 1.29 is 9.52 Å². The third-order valence-electron chi connectivity index (χ3n) is 2.51. The molecule has 2 aromatic rings. The zero-order valence-corrected chi connectivity index (χ0v) is 12.9. The van der Waals surface area contributed by atoms with E-state index in [0.29, 0.717) is 17.5 Å². The van der Waals surface area contributed by atoms with Gasteiger partial charge in [-0.1, -0.05) is 19.1 Å². The summed E-state index contributed by atoms with van der Waals surface area (Å²) in [6.07, 6.45) is 0. The van der Waals surface area contributed by atoms with Crippen LogP contribution in [-0.4, -0.2) is 27.7 Å². The summed E-state index contributed by atoms with van der Waals surface area (Å²) < 4.78 is 6.57. The van der Waals surface area contributed by atoms with Gasteiger partial charge in [0, 0.05) is 11.1 Å².